The first-order valence-electron chi connectivity index (χ1n) is 3.94. The Morgan fingerprint density at radius 1 is 1.62 bits per heavy atom. The van der Waals surface area contributed by atoms with Gasteiger partial charge < -0.3 is 5.32 Å². The van der Waals surface area contributed by atoms with Gasteiger partial charge in [-0.2, -0.15) is 0 Å². The van der Waals surface area contributed by atoms with Crippen molar-refractivity contribution in [2.24, 2.45) is 0 Å². The van der Waals surface area contributed by atoms with Gasteiger partial charge in [0.1, 0.15) is 0 Å². The molecule has 0 aliphatic carbocycles. The highest BCUT2D eigenvalue weighted by Crippen LogP contribution is 2.22. The summed E-state index contributed by atoms with van der Waals surface area (Å²) in [4.78, 5) is 11.0. The molecule has 1 heterocycles. The van der Waals surface area contributed by atoms with Crippen molar-refractivity contribution in [1.29, 1.82) is 0 Å². The molecule has 1 atom stereocenters. The lowest BCUT2D eigenvalue weighted by Gasteiger charge is -2.23. The van der Waals surface area contributed by atoms with E-state index in [1.54, 1.807) is 6.92 Å². The molecule has 1 fully saturated rings. The Bertz CT molecular complexity index is 314. The van der Waals surface area contributed by atoms with Crippen molar-refractivity contribution < 1.29 is 13.2 Å². The fourth-order valence-corrected chi connectivity index (χ4v) is 3.71. The molecule has 0 bridgehead atoms. The van der Waals surface area contributed by atoms with Crippen molar-refractivity contribution in [3.05, 3.63) is 0 Å². The van der Waals surface area contributed by atoms with Gasteiger partial charge in [-0.15, -0.1) is 0 Å². The summed E-state index contributed by atoms with van der Waals surface area (Å²) >= 11 is 3.01. The van der Waals surface area contributed by atoms with Crippen LogP contribution in [0.2, 0.25) is 0 Å². The topological polar surface area (TPSA) is 63.2 Å². The van der Waals surface area contributed by atoms with Crippen LogP contribution < -0.4 is 5.32 Å². The Hall–Kier alpha value is -0.100. The van der Waals surface area contributed by atoms with E-state index in [1.807, 2.05) is 0 Å². The number of alkyl halides is 1. The molecule has 1 saturated heterocycles. The summed E-state index contributed by atoms with van der Waals surface area (Å²) in [5, 5.41) is 2.91. The SMILES string of the molecule is CC1(NC(=O)CBr)CCS(=O)(=O)C1. The molecule has 0 aromatic heterocycles. The van der Waals surface area contributed by atoms with E-state index in [1.165, 1.54) is 0 Å². The van der Waals surface area contributed by atoms with Gasteiger partial charge in [0, 0.05) is 0 Å². The van der Waals surface area contributed by atoms with Gasteiger partial charge in [-0.25, -0.2) is 8.42 Å². The van der Waals surface area contributed by atoms with E-state index in [4.69, 9.17) is 0 Å². The number of nitrogens with one attached hydrogen (secondary N) is 1. The monoisotopic (exact) mass is 269 g/mol. The maximum atomic E-state index is 11.2. The van der Waals surface area contributed by atoms with Crippen molar-refractivity contribution in [3.8, 4) is 0 Å². The molecule has 1 N–H and O–H groups in total. The smallest absolute Gasteiger partial charge is 0.231 e. The Morgan fingerprint density at radius 3 is 2.62 bits per heavy atom. The van der Waals surface area contributed by atoms with Gasteiger partial charge in [0.05, 0.1) is 22.4 Å². The lowest BCUT2D eigenvalue weighted by atomic mass is 10.0. The van der Waals surface area contributed by atoms with Crippen LogP contribution >= 0.6 is 15.9 Å². The number of sulfone groups is 1. The first-order chi connectivity index (χ1) is 5.87. The molecule has 1 aliphatic rings. The summed E-state index contributed by atoms with van der Waals surface area (Å²) in [6.07, 6.45) is 0.508. The summed E-state index contributed by atoms with van der Waals surface area (Å²) in [7, 11) is -2.94. The zero-order chi connectivity index (χ0) is 10.1. The zero-order valence-electron chi connectivity index (χ0n) is 7.34. The van der Waals surface area contributed by atoms with E-state index in [2.05, 4.69) is 21.2 Å². The van der Waals surface area contributed by atoms with Crippen molar-refractivity contribution in [3.63, 3.8) is 0 Å². The highest BCUT2D eigenvalue weighted by molar-refractivity contribution is 9.09. The van der Waals surface area contributed by atoms with Crippen molar-refractivity contribution in [2.45, 2.75) is 18.9 Å². The van der Waals surface area contributed by atoms with Crippen molar-refractivity contribution in [2.75, 3.05) is 16.8 Å². The third-order valence-corrected chi connectivity index (χ3v) is 4.48. The van der Waals surface area contributed by atoms with E-state index < -0.39 is 15.4 Å². The fourth-order valence-electron chi connectivity index (χ4n) is 1.48. The Labute approximate surface area is 86.1 Å². The molecule has 13 heavy (non-hydrogen) atoms. The Kier molecular flexibility index (Phi) is 3.01. The third-order valence-electron chi connectivity index (χ3n) is 2.07. The second-order valence-corrected chi connectivity index (χ2v) is 6.33. The molecule has 1 amide bonds. The fraction of sp³-hybridized carbons (Fsp3) is 0.857. The van der Waals surface area contributed by atoms with Gasteiger partial charge in [0.25, 0.3) is 0 Å². The summed E-state index contributed by atoms with van der Waals surface area (Å²) in [6.45, 7) is 1.76. The molecule has 4 nitrogen and oxygen atoms in total. The first kappa shape index (κ1) is 11.0. The summed E-state index contributed by atoms with van der Waals surface area (Å²) in [5.41, 5.74) is -0.566. The molecule has 76 valence electrons. The summed E-state index contributed by atoms with van der Waals surface area (Å²) < 4.78 is 22.3. The normalized spacial score (nSPS) is 31.5. The number of halogens is 1. The molecular weight excluding hydrogens is 258 g/mol. The van der Waals surface area contributed by atoms with Crippen molar-refractivity contribution in [1.82, 2.24) is 5.32 Å². The van der Waals surface area contributed by atoms with Gasteiger partial charge in [0.15, 0.2) is 9.84 Å². The Balaban J connectivity index is 2.65. The minimum atomic E-state index is -2.94. The highest BCUT2D eigenvalue weighted by atomic mass is 79.9. The van der Waals surface area contributed by atoms with Crippen LogP contribution in [0.25, 0.3) is 0 Å². The molecular formula is C7H12BrNO3S. The lowest BCUT2D eigenvalue weighted by Crippen LogP contribution is -2.47. The van der Waals surface area contributed by atoms with Crippen LogP contribution in [-0.4, -0.2) is 36.7 Å². The van der Waals surface area contributed by atoms with Crippen LogP contribution in [0.5, 0.6) is 0 Å². The molecule has 1 rings (SSSR count). The number of carbonyl (C=O) groups excluding carboxylic acids is 1. The molecule has 1 unspecified atom stereocenters. The van der Waals surface area contributed by atoms with E-state index in [0.717, 1.165) is 0 Å². The van der Waals surface area contributed by atoms with Gasteiger partial charge in [-0.05, 0) is 13.3 Å². The van der Waals surface area contributed by atoms with Crippen LogP contribution in [-0.2, 0) is 14.6 Å². The quantitative estimate of drug-likeness (QED) is 0.722. The predicted molar refractivity (Wildman–Crippen MR) is 53.6 cm³/mol. The number of hydrogen-bond acceptors (Lipinski definition) is 3. The van der Waals surface area contributed by atoms with Crippen LogP contribution in [0.3, 0.4) is 0 Å². The summed E-state index contributed by atoms with van der Waals surface area (Å²) in [5.74, 6) is 0.0600. The van der Waals surface area contributed by atoms with Crippen LogP contribution in [0, 0.1) is 0 Å². The average molecular weight is 270 g/mol. The second kappa shape index (κ2) is 3.57. The third kappa shape index (κ3) is 2.95. The van der Waals surface area contributed by atoms with Crippen LogP contribution in [0.1, 0.15) is 13.3 Å². The van der Waals surface area contributed by atoms with E-state index in [0.29, 0.717) is 6.42 Å². The van der Waals surface area contributed by atoms with E-state index in [-0.39, 0.29) is 22.7 Å². The second-order valence-electron chi connectivity index (χ2n) is 3.58. The van der Waals surface area contributed by atoms with Gasteiger partial charge in [0.2, 0.25) is 5.91 Å². The molecule has 0 radical (unpaired) electrons. The maximum absolute atomic E-state index is 11.2. The minimum absolute atomic E-state index is 0.0543. The minimum Gasteiger partial charge on any atom is -0.349 e. The number of rotatable bonds is 2. The lowest BCUT2D eigenvalue weighted by molar-refractivity contribution is -0.119. The van der Waals surface area contributed by atoms with Crippen molar-refractivity contribution >= 4 is 31.7 Å². The van der Waals surface area contributed by atoms with Gasteiger partial charge in [-0.3, -0.25) is 4.79 Å². The van der Waals surface area contributed by atoms with Crippen LogP contribution in [0.15, 0.2) is 0 Å². The predicted octanol–water partition coefficient (Wildman–Crippen LogP) is 0.0747. The maximum Gasteiger partial charge on any atom is 0.231 e. The van der Waals surface area contributed by atoms with E-state index in [9.17, 15) is 13.2 Å². The number of carbonyl (C=O) groups is 1. The largest absolute Gasteiger partial charge is 0.349 e. The zero-order valence-corrected chi connectivity index (χ0v) is 9.74. The van der Waals surface area contributed by atoms with Gasteiger partial charge in [-0.1, -0.05) is 15.9 Å². The molecule has 0 aromatic rings. The molecule has 1 aliphatic heterocycles. The van der Waals surface area contributed by atoms with Gasteiger partial charge >= 0.3 is 0 Å². The summed E-state index contributed by atoms with van der Waals surface area (Å²) in [6, 6.07) is 0. The Morgan fingerprint density at radius 2 is 2.23 bits per heavy atom. The van der Waals surface area contributed by atoms with E-state index >= 15 is 0 Å². The molecule has 6 heteroatoms. The highest BCUT2D eigenvalue weighted by Gasteiger charge is 2.39. The molecule has 0 saturated carbocycles. The standard InChI is InChI=1S/C7H12BrNO3S/c1-7(9-6(10)4-8)2-3-13(11,12)5-7/h2-5H2,1H3,(H,9,10). The first-order valence-corrected chi connectivity index (χ1v) is 6.89. The molecule has 0 spiro atoms. The molecule has 0 aromatic carbocycles. The number of amides is 1. The average Bonchev–Trinajstić information content (AvgIpc) is 2.25. The van der Waals surface area contributed by atoms with Crippen LogP contribution in [0.4, 0.5) is 0 Å². The number of hydrogen-bond donors (Lipinski definition) is 1.